The zero-order valence-corrected chi connectivity index (χ0v) is 13.0. The predicted molar refractivity (Wildman–Crippen MR) is 78.8 cm³/mol. The van der Waals surface area contributed by atoms with Gasteiger partial charge in [-0.05, 0) is 38.8 Å². The molecule has 6 nitrogen and oxygen atoms in total. The van der Waals surface area contributed by atoms with E-state index in [9.17, 15) is 0 Å². The summed E-state index contributed by atoms with van der Waals surface area (Å²) in [7, 11) is 0. The van der Waals surface area contributed by atoms with Crippen molar-refractivity contribution in [2.24, 2.45) is 0 Å². The molecule has 0 amide bonds. The lowest BCUT2D eigenvalue weighted by atomic mass is 9.90. The van der Waals surface area contributed by atoms with Crippen molar-refractivity contribution in [2.45, 2.75) is 58.5 Å². The largest absolute Gasteiger partial charge is 0.425 e. The summed E-state index contributed by atoms with van der Waals surface area (Å²) in [6, 6.07) is 0.395. The number of hydrogen-bond acceptors (Lipinski definition) is 5. The van der Waals surface area contributed by atoms with Crippen LogP contribution < -0.4 is 0 Å². The van der Waals surface area contributed by atoms with E-state index in [4.69, 9.17) is 4.42 Å². The average molecular weight is 289 g/mol. The third kappa shape index (κ3) is 2.85. The number of rotatable bonds is 4. The molecule has 2 atom stereocenters. The predicted octanol–water partition coefficient (Wildman–Crippen LogP) is 2.43. The molecule has 6 heteroatoms. The van der Waals surface area contributed by atoms with Gasteiger partial charge in [-0.15, -0.1) is 10.2 Å². The number of nitrogens with zero attached hydrogens (tertiary/aromatic N) is 4. The summed E-state index contributed by atoms with van der Waals surface area (Å²) < 4.78 is 5.78. The maximum Gasteiger partial charge on any atom is 0.221 e. The lowest BCUT2D eigenvalue weighted by Crippen LogP contribution is -2.42. The van der Waals surface area contributed by atoms with Gasteiger partial charge >= 0.3 is 0 Å². The van der Waals surface area contributed by atoms with E-state index in [2.05, 4.69) is 39.1 Å². The minimum Gasteiger partial charge on any atom is -0.425 e. The molecule has 0 bridgehead atoms. The van der Waals surface area contributed by atoms with Crippen molar-refractivity contribution in [1.82, 2.24) is 25.3 Å². The highest BCUT2D eigenvalue weighted by Crippen LogP contribution is 2.32. The van der Waals surface area contributed by atoms with E-state index < -0.39 is 0 Å². The topological polar surface area (TPSA) is 70.8 Å². The molecule has 2 aromatic heterocycles. The van der Waals surface area contributed by atoms with E-state index in [-0.39, 0.29) is 0 Å². The van der Waals surface area contributed by atoms with Gasteiger partial charge < -0.3 is 4.42 Å². The second-order valence-corrected chi connectivity index (χ2v) is 5.88. The van der Waals surface area contributed by atoms with Crippen LogP contribution in [0.25, 0.3) is 0 Å². The molecule has 0 spiro atoms. The molecule has 3 rings (SSSR count). The summed E-state index contributed by atoms with van der Waals surface area (Å²) >= 11 is 0. The molecule has 2 aromatic rings. The molecule has 3 heterocycles. The van der Waals surface area contributed by atoms with Gasteiger partial charge in [0.15, 0.2) is 0 Å². The molecule has 1 N–H and O–H groups in total. The first-order chi connectivity index (χ1) is 10.2. The number of piperidine rings is 1. The fourth-order valence-electron chi connectivity index (χ4n) is 3.06. The van der Waals surface area contributed by atoms with E-state index in [0.29, 0.717) is 12.0 Å². The van der Waals surface area contributed by atoms with Crippen LogP contribution in [-0.4, -0.2) is 37.9 Å². The highest BCUT2D eigenvalue weighted by molar-refractivity contribution is 5.14. The maximum atomic E-state index is 5.78. The SMILES string of the molecule is CCc1nnc([C@H]2CCCN(Cc3[nH]ncc3C)[C@H]2C)o1. The van der Waals surface area contributed by atoms with Gasteiger partial charge in [0.1, 0.15) is 0 Å². The van der Waals surface area contributed by atoms with Gasteiger partial charge in [-0.25, -0.2) is 0 Å². The Kier molecular flexibility index (Phi) is 4.05. The van der Waals surface area contributed by atoms with Gasteiger partial charge in [0.2, 0.25) is 11.8 Å². The first kappa shape index (κ1) is 14.3. The van der Waals surface area contributed by atoms with Crippen LogP contribution in [0.4, 0.5) is 0 Å². The molecule has 1 aliphatic heterocycles. The van der Waals surface area contributed by atoms with Crippen molar-refractivity contribution in [2.75, 3.05) is 6.54 Å². The highest BCUT2D eigenvalue weighted by Gasteiger charge is 2.33. The molecule has 0 aliphatic carbocycles. The number of H-pyrrole nitrogens is 1. The third-order valence-corrected chi connectivity index (χ3v) is 4.52. The summed E-state index contributed by atoms with van der Waals surface area (Å²) in [5.74, 6) is 1.86. The van der Waals surface area contributed by atoms with Crippen LogP contribution in [0.5, 0.6) is 0 Å². The van der Waals surface area contributed by atoms with Crippen LogP contribution in [0.1, 0.15) is 55.6 Å². The van der Waals surface area contributed by atoms with E-state index in [1.54, 1.807) is 0 Å². The van der Waals surface area contributed by atoms with Crippen LogP contribution in [0, 0.1) is 6.92 Å². The van der Waals surface area contributed by atoms with Crippen molar-refractivity contribution >= 4 is 0 Å². The molecule has 0 radical (unpaired) electrons. The summed E-state index contributed by atoms with van der Waals surface area (Å²) in [6.07, 6.45) is 4.95. The first-order valence-electron chi connectivity index (χ1n) is 7.74. The number of likely N-dealkylation sites (tertiary alicyclic amines) is 1. The smallest absolute Gasteiger partial charge is 0.221 e. The van der Waals surface area contributed by atoms with Crippen molar-refractivity contribution in [3.05, 3.63) is 29.2 Å². The van der Waals surface area contributed by atoms with Crippen molar-refractivity contribution in [1.29, 1.82) is 0 Å². The monoisotopic (exact) mass is 289 g/mol. The van der Waals surface area contributed by atoms with Crippen LogP contribution in [0.2, 0.25) is 0 Å². The Bertz CT molecular complexity index is 590. The molecule has 114 valence electrons. The van der Waals surface area contributed by atoms with Crippen LogP contribution in [0.3, 0.4) is 0 Å². The summed E-state index contributed by atoms with van der Waals surface area (Å²) in [5, 5.41) is 15.6. The normalized spacial score (nSPS) is 23.6. The van der Waals surface area contributed by atoms with Crippen LogP contribution in [-0.2, 0) is 13.0 Å². The first-order valence-corrected chi connectivity index (χ1v) is 7.74. The Hall–Kier alpha value is -1.69. The van der Waals surface area contributed by atoms with Crippen LogP contribution in [0.15, 0.2) is 10.6 Å². The number of nitrogens with one attached hydrogen (secondary N) is 1. The molecule has 0 saturated carbocycles. The number of aromatic nitrogens is 4. The summed E-state index contributed by atoms with van der Waals surface area (Å²) in [5.41, 5.74) is 2.41. The Morgan fingerprint density at radius 1 is 1.43 bits per heavy atom. The minimum absolute atomic E-state index is 0.328. The second-order valence-electron chi connectivity index (χ2n) is 5.88. The highest BCUT2D eigenvalue weighted by atomic mass is 16.4. The van der Waals surface area contributed by atoms with Gasteiger partial charge in [0, 0.05) is 19.0 Å². The maximum absolute atomic E-state index is 5.78. The molecule has 0 aromatic carbocycles. The molecule has 1 aliphatic rings. The lowest BCUT2D eigenvalue weighted by Gasteiger charge is -2.37. The zero-order chi connectivity index (χ0) is 14.8. The molecular formula is C15H23N5O. The molecule has 1 saturated heterocycles. The quantitative estimate of drug-likeness (QED) is 0.936. The van der Waals surface area contributed by atoms with Gasteiger partial charge in [-0.3, -0.25) is 10.00 Å². The number of aromatic amines is 1. The van der Waals surface area contributed by atoms with Crippen molar-refractivity contribution in [3.63, 3.8) is 0 Å². The van der Waals surface area contributed by atoms with Gasteiger partial charge in [0.05, 0.1) is 17.8 Å². The standard InChI is InChI=1S/C15H23N5O/c1-4-14-18-19-15(21-14)12-6-5-7-20(11(12)3)9-13-10(2)8-16-17-13/h8,11-12H,4-7,9H2,1-3H3,(H,16,17)/t11-,12-/m0/s1. The Labute approximate surface area is 124 Å². The summed E-state index contributed by atoms with van der Waals surface area (Å²) in [6.45, 7) is 8.39. The average Bonchev–Trinajstić information content (AvgIpc) is 3.11. The van der Waals surface area contributed by atoms with Gasteiger partial charge in [-0.2, -0.15) is 5.10 Å². The fraction of sp³-hybridized carbons (Fsp3) is 0.667. The Balaban J connectivity index is 1.74. The van der Waals surface area contributed by atoms with Crippen molar-refractivity contribution in [3.8, 4) is 0 Å². The van der Waals surface area contributed by atoms with Crippen molar-refractivity contribution < 1.29 is 4.42 Å². The molecular weight excluding hydrogens is 266 g/mol. The lowest BCUT2D eigenvalue weighted by molar-refractivity contribution is 0.117. The van der Waals surface area contributed by atoms with Gasteiger partial charge in [-0.1, -0.05) is 6.92 Å². The van der Waals surface area contributed by atoms with Gasteiger partial charge in [0.25, 0.3) is 0 Å². The summed E-state index contributed by atoms with van der Waals surface area (Å²) in [4.78, 5) is 2.48. The second kappa shape index (κ2) is 5.97. The zero-order valence-electron chi connectivity index (χ0n) is 13.0. The Morgan fingerprint density at radius 2 is 2.29 bits per heavy atom. The minimum atomic E-state index is 0.328. The number of hydrogen-bond donors (Lipinski definition) is 1. The third-order valence-electron chi connectivity index (χ3n) is 4.52. The Morgan fingerprint density at radius 3 is 2.95 bits per heavy atom. The molecule has 0 unspecified atom stereocenters. The number of aryl methyl sites for hydroxylation is 2. The molecule has 1 fully saturated rings. The van der Waals surface area contributed by atoms with E-state index in [0.717, 1.165) is 44.1 Å². The van der Waals surface area contributed by atoms with E-state index >= 15 is 0 Å². The molecule has 21 heavy (non-hydrogen) atoms. The van der Waals surface area contributed by atoms with E-state index in [1.807, 2.05) is 13.1 Å². The fourth-order valence-corrected chi connectivity index (χ4v) is 3.06. The van der Waals surface area contributed by atoms with E-state index in [1.165, 1.54) is 11.3 Å². The van der Waals surface area contributed by atoms with Crippen LogP contribution >= 0.6 is 0 Å².